The van der Waals surface area contributed by atoms with E-state index in [0.29, 0.717) is 32.6 Å². The summed E-state index contributed by atoms with van der Waals surface area (Å²) in [5.74, 6) is -2.03. The third-order valence-electron chi connectivity index (χ3n) is 5.81. The first-order valence-electron chi connectivity index (χ1n) is 11.4. The van der Waals surface area contributed by atoms with Gasteiger partial charge >= 0.3 is 12.1 Å². The van der Waals surface area contributed by atoms with Crippen LogP contribution in [0.25, 0.3) is 22.3 Å². The molecule has 14 heteroatoms. The summed E-state index contributed by atoms with van der Waals surface area (Å²) in [7, 11) is 1.68. The van der Waals surface area contributed by atoms with Gasteiger partial charge in [-0.25, -0.2) is 4.79 Å². The predicted octanol–water partition coefficient (Wildman–Crippen LogP) is 5.69. The minimum atomic E-state index is -4.83. The van der Waals surface area contributed by atoms with Crippen molar-refractivity contribution in [1.82, 2.24) is 14.7 Å². The SMILES string of the molecule is Cn1c(C(=O)Nc2ccc(Br)cc2-c2noc(=O)[nH]2)cc2ccc(NC(=O)c3ccc(OC(F)(F)F)cc3)cc21. The minimum Gasteiger partial charge on any atom is -0.406 e. The number of aromatic nitrogens is 3. The van der Waals surface area contributed by atoms with Gasteiger partial charge in [0.15, 0.2) is 5.82 Å². The lowest BCUT2D eigenvalue weighted by Crippen LogP contribution is -2.17. The second-order valence-corrected chi connectivity index (χ2v) is 9.39. The molecule has 0 aliphatic carbocycles. The second-order valence-electron chi connectivity index (χ2n) is 8.48. The van der Waals surface area contributed by atoms with E-state index in [2.05, 4.69) is 46.0 Å². The number of aromatic amines is 1. The van der Waals surface area contributed by atoms with Crippen LogP contribution in [0.15, 0.2) is 80.5 Å². The molecule has 0 radical (unpaired) electrons. The summed E-state index contributed by atoms with van der Waals surface area (Å²) in [6, 6.07) is 16.2. The summed E-state index contributed by atoms with van der Waals surface area (Å²) in [6.07, 6.45) is -4.83. The standard InChI is InChI=1S/C26H17BrF3N5O5/c1-35-20-12-16(31-23(36)13-3-7-17(8-4-13)39-26(28,29)30)6-2-14(20)10-21(35)24(37)32-19-9-5-15(27)11-18(19)22-33-25(38)40-34-22/h2-12H,1H3,(H,31,36)(H,32,37)(H,33,34,38). The molecule has 5 rings (SSSR count). The zero-order chi connectivity index (χ0) is 28.6. The molecule has 0 unspecified atom stereocenters. The molecular weight excluding hydrogens is 599 g/mol. The van der Waals surface area contributed by atoms with E-state index in [1.807, 2.05) is 0 Å². The Hall–Kier alpha value is -4.85. The zero-order valence-electron chi connectivity index (χ0n) is 20.3. The van der Waals surface area contributed by atoms with Crippen LogP contribution in [0.2, 0.25) is 0 Å². The Kier molecular flexibility index (Phi) is 6.94. The van der Waals surface area contributed by atoms with E-state index in [1.54, 1.807) is 54.1 Å². The Morgan fingerprint density at radius 2 is 1.75 bits per heavy atom. The van der Waals surface area contributed by atoms with Gasteiger partial charge in [0.2, 0.25) is 0 Å². The number of anilines is 2. The average Bonchev–Trinajstić information content (AvgIpc) is 3.47. The summed E-state index contributed by atoms with van der Waals surface area (Å²) in [5, 5.41) is 9.91. The van der Waals surface area contributed by atoms with Crippen molar-refractivity contribution < 1.29 is 32.0 Å². The molecule has 5 aromatic rings. The molecule has 10 nitrogen and oxygen atoms in total. The predicted molar refractivity (Wildman–Crippen MR) is 142 cm³/mol. The number of nitrogens with zero attached hydrogens (tertiary/aromatic N) is 2. The molecule has 2 heterocycles. The number of ether oxygens (including phenoxy) is 1. The van der Waals surface area contributed by atoms with Gasteiger partial charge in [0, 0.05) is 33.7 Å². The molecular formula is C26H17BrF3N5O5. The van der Waals surface area contributed by atoms with Gasteiger partial charge in [0.05, 0.1) is 11.2 Å². The number of aryl methyl sites for hydroxylation is 1. The molecule has 0 spiro atoms. The lowest BCUT2D eigenvalue weighted by atomic mass is 10.1. The van der Waals surface area contributed by atoms with Gasteiger partial charge in [0.25, 0.3) is 11.8 Å². The summed E-state index contributed by atoms with van der Waals surface area (Å²) >= 11 is 3.35. The molecule has 2 amide bonds. The van der Waals surface area contributed by atoms with Crippen LogP contribution in [0.5, 0.6) is 5.75 Å². The van der Waals surface area contributed by atoms with E-state index < -0.39 is 29.7 Å². The first-order chi connectivity index (χ1) is 19.0. The van der Waals surface area contributed by atoms with Gasteiger partial charge < -0.3 is 19.9 Å². The highest BCUT2D eigenvalue weighted by Gasteiger charge is 2.31. The van der Waals surface area contributed by atoms with Crippen molar-refractivity contribution in [3.05, 3.63) is 93.0 Å². The summed E-state index contributed by atoms with van der Waals surface area (Å²) < 4.78 is 47.8. The lowest BCUT2D eigenvalue weighted by Gasteiger charge is -2.11. The van der Waals surface area contributed by atoms with E-state index >= 15 is 0 Å². The molecule has 0 atom stereocenters. The van der Waals surface area contributed by atoms with E-state index in [1.165, 1.54) is 12.1 Å². The first-order valence-corrected chi connectivity index (χ1v) is 12.2. The number of halogens is 4. The third kappa shape index (κ3) is 5.76. The molecule has 40 heavy (non-hydrogen) atoms. The first kappa shape index (κ1) is 26.7. The van der Waals surface area contributed by atoms with Gasteiger partial charge in [-0.3, -0.25) is 19.1 Å². The van der Waals surface area contributed by atoms with Crippen LogP contribution in [0.3, 0.4) is 0 Å². The maximum Gasteiger partial charge on any atom is 0.573 e. The van der Waals surface area contributed by atoms with Gasteiger partial charge in [0.1, 0.15) is 11.4 Å². The highest BCUT2D eigenvalue weighted by Crippen LogP contribution is 2.30. The number of carbonyl (C=O) groups is 2. The number of rotatable bonds is 6. The number of benzene rings is 3. The molecule has 0 aliphatic heterocycles. The van der Waals surface area contributed by atoms with Gasteiger partial charge in [-0.05, 0) is 60.7 Å². The Morgan fingerprint density at radius 3 is 2.42 bits per heavy atom. The second kappa shape index (κ2) is 10.4. The smallest absolute Gasteiger partial charge is 0.406 e. The fourth-order valence-corrected chi connectivity index (χ4v) is 4.35. The van der Waals surface area contributed by atoms with Gasteiger partial charge in [-0.15, -0.1) is 13.2 Å². The number of hydrogen-bond donors (Lipinski definition) is 3. The Labute approximate surface area is 230 Å². The van der Waals surface area contributed by atoms with Crippen LogP contribution in [-0.4, -0.2) is 32.9 Å². The highest BCUT2D eigenvalue weighted by molar-refractivity contribution is 9.10. The van der Waals surface area contributed by atoms with E-state index in [0.717, 1.165) is 17.5 Å². The minimum absolute atomic E-state index is 0.125. The van der Waals surface area contributed by atoms with Gasteiger partial charge in [-0.2, -0.15) is 0 Å². The largest absolute Gasteiger partial charge is 0.573 e. The number of alkyl halides is 3. The van der Waals surface area contributed by atoms with Crippen molar-refractivity contribution in [3.8, 4) is 17.1 Å². The molecule has 3 aromatic carbocycles. The van der Waals surface area contributed by atoms with Crippen LogP contribution in [0.4, 0.5) is 24.5 Å². The molecule has 3 N–H and O–H groups in total. The topological polar surface area (TPSA) is 131 Å². The van der Waals surface area contributed by atoms with Crippen LogP contribution in [0.1, 0.15) is 20.8 Å². The fourth-order valence-electron chi connectivity index (χ4n) is 3.99. The summed E-state index contributed by atoms with van der Waals surface area (Å²) in [5.41, 5.74) is 2.28. The molecule has 0 saturated heterocycles. The highest BCUT2D eigenvalue weighted by atomic mass is 79.9. The molecule has 0 saturated carbocycles. The quantitative estimate of drug-likeness (QED) is 0.225. The average molecular weight is 616 g/mol. The Bertz CT molecular complexity index is 1810. The number of hydrogen-bond acceptors (Lipinski definition) is 6. The zero-order valence-corrected chi connectivity index (χ0v) is 21.9. The lowest BCUT2D eigenvalue weighted by molar-refractivity contribution is -0.274. The molecule has 0 fully saturated rings. The number of fused-ring (bicyclic) bond motifs is 1. The van der Waals surface area contributed by atoms with Crippen LogP contribution in [0, 0.1) is 0 Å². The Morgan fingerprint density at radius 1 is 1.00 bits per heavy atom. The summed E-state index contributed by atoms with van der Waals surface area (Å²) in [6.45, 7) is 0. The van der Waals surface area contributed by atoms with E-state index in [9.17, 15) is 27.6 Å². The van der Waals surface area contributed by atoms with Crippen LogP contribution in [-0.2, 0) is 7.05 Å². The summed E-state index contributed by atoms with van der Waals surface area (Å²) in [4.78, 5) is 39.8. The maximum atomic E-state index is 13.2. The number of H-pyrrole nitrogens is 1. The van der Waals surface area contributed by atoms with Crippen molar-refractivity contribution in [3.63, 3.8) is 0 Å². The maximum absolute atomic E-state index is 13.2. The monoisotopic (exact) mass is 615 g/mol. The normalized spacial score (nSPS) is 11.4. The van der Waals surface area contributed by atoms with Crippen molar-refractivity contribution in [2.24, 2.45) is 7.05 Å². The van der Waals surface area contributed by atoms with E-state index in [4.69, 9.17) is 0 Å². The number of carbonyl (C=O) groups excluding carboxylic acids is 2. The van der Waals surface area contributed by atoms with Crippen molar-refractivity contribution in [1.29, 1.82) is 0 Å². The van der Waals surface area contributed by atoms with E-state index in [-0.39, 0.29) is 11.4 Å². The number of amides is 2. The van der Waals surface area contributed by atoms with Crippen LogP contribution < -0.4 is 21.1 Å². The molecule has 204 valence electrons. The fraction of sp³-hybridized carbons (Fsp3) is 0.0769. The van der Waals surface area contributed by atoms with Crippen molar-refractivity contribution >= 4 is 50.0 Å². The van der Waals surface area contributed by atoms with Crippen LogP contribution >= 0.6 is 15.9 Å². The Balaban J connectivity index is 1.35. The van der Waals surface area contributed by atoms with Crippen molar-refractivity contribution in [2.75, 3.05) is 10.6 Å². The molecule has 0 bridgehead atoms. The molecule has 0 aliphatic rings. The molecule has 2 aromatic heterocycles. The van der Waals surface area contributed by atoms with Crippen molar-refractivity contribution in [2.45, 2.75) is 6.36 Å². The number of nitrogens with one attached hydrogen (secondary N) is 3. The van der Waals surface area contributed by atoms with Gasteiger partial charge in [-0.1, -0.05) is 27.2 Å². The third-order valence-corrected chi connectivity index (χ3v) is 6.30.